The highest BCUT2D eigenvalue weighted by Gasteiger charge is 2.06. The summed E-state index contributed by atoms with van der Waals surface area (Å²) < 4.78 is 0. The molecule has 0 spiro atoms. The number of carboxylic acids is 1. The fraction of sp³-hybridized carbons (Fsp3) is 0.696. The lowest BCUT2D eigenvalue weighted by molar-refractivity contribution is 0.0697. The number of anilines is 1. The van der Waals surface area contributed by atoms with Crippen LogP contribution in [0, 0.1) is 5.92 Å². The van der Waals surface area contributed by atoms with Crippen molar-refractivity contribution in [3.05, 3.63) is 28.8 Å². The third-order valence-corrected chi connectivity index (χ3v) is 5.30. The minimum atomic E-state index is -0.949. The number of aromatic carboxylic acids is 1. The van der Waals surface area contributed by atoms with E-state index >= 15 is 0 Å². The third-order valence-electron chi connectivity index (χ3n) is 4.99. The van der Waals surface area contributed by atoms with E-state index in [1.807, 2.05) is 0 Å². The van der Waals surface area contributed by atoms with Crippen molar-refractivity contribution in [2.75, 3.05) is 11.9 Å². The minimum absolute atomic E-state index is 0.223. The van der Waals surface area contributed by atoms with Gasteiger partial charge in [0.15, 0.2) is 0 Å². The number of hydrogen-bond donors (Lipinski definition) is 2. The fourth-order valence-electron chi connectivity index (χ4n) is 3.28. The summed E-state index contributed by atoms with van der Waals surface area (Å²) in [5.74, 6) is -0.0933. The van der Waals surface area contributed by atoms with Crippen molar-refractivity contribution in [3.63, 3.8) is 0 Å². The molecule has 0 saturated carbocycles. The van der Waals surface area contributed by atoms with Crippen LogP contribution in [-0.2, 0) is 0 Å². The largest absolute Gasteiger partial charge is 0.478 e. The Hall–Kier alpha value is -1.22. The van der Waals surface area contributed by atoms with Crippen molar-refractivity contribution in [2.45, 2.75) is 90.9 Å². The zero-order valence-electron chi connectivity index (χ0n) is 17.2. The zero-order chi connectivity index (χ0) is 19.9. The first kappa shape index (κ1) is 23.8. The average molecular weight is 396 g/mol. The number of unbranched alkanes of at least 4 members (excludes halogenated alkanes) is 10. The predicted octanol–water partition coefficient (Wildman–Crippen LogP) is 7.79. The highest BCUT2D eigenvalue weighted by atomic mass is 35.5. The zero-order valence-corrected chi connectivity index (χ0v) is 18.0. The molecule has 0 fully saturated rings. The van der Waals surface area contributed by atoms with Crippen LogP contribution in [0.5, 0.6) is 0 Å². The van der Waals surface area contributed by atoms with Gasteiger partial charge in [0.05, 0.1) is 16.3 Å². The molecule has 0 aliphatic heterocycles. The average Bonchev–Trinajstić information content (AvgIpc) is 2.62. The molecule has 1 aromatic rings. The summed E-state index contributed by atoms with van der Waals surface area (Å²) in [6.45, 7) is 5.50. The van der Waals surface area contributed by atoms with Gasteiger partial charge in [-0.15, -0.1) is 0 Å². The third kappa shape index (κ3) is 12.0. The van der Waals surface area contributed by atoms with Gasteiger partial charge >= 0.3 is 5.97 Å². The maximum Gasteiger partial charge on any atom is 0.335 e. The molecule has 1 rings (SSSR count). The molecule has 0 amide bonds. The van der Waals surface area contributed by atoms with Gasteiger partial charge in [-0.05, 0) is 30.5 Å². The molecule has 0 unspecified atom stereocenters. The molecule has 3 nitrogen and oxygen atoms in total. The van der Waals surface area contributed by atoms with Crippen molar-refractivity contribution in [3.8, 4) is 0 Å². The maximum absolute atomic E-state index is 10.9. The van der Waals surface area contributed by atoms with Crippen LogP contribution in [-0.4, -0.2) is 17.6 Å². The smallest absolute Gasteiger partial charge is 0.335 e. The van der Waals surface area contributed by atoms with Crippen LogP contribution in [0.1, 0.15) is 101 Å². The van der Waals surface area contributed by atoms with Gasteiger partial charge in [-0.25, -0.2) is 4.79 Å². The quantitative estimate of drug-likeness (QED) is 0.281. The fourth-order valence-corrected chi connectivity index (χ4v) is 3.53. The number of halogens is 1. The lowest BCUT2D eigenvalue weighted by atomic mass is 10.0. The van der Waals surface area contributed by atoms with Crippen LogP contribution >= 0.6 is 11.6 Å². The van der Waals surface area contributed by atoms with E-state index < -0.39 is 5.97 Å². The lowest BCUT2D eigenvalue weighted by Crippen LogP contribution is -2.03. The number of benzene rings is 1. The molecule has 1 aromatic carbocycles. The summed E-state index contributed by atoms with van der Waals surface area (Å²) in [6, 6.07) is 4.83. The van der Waals surface area contributed by atoms with E-state index in [2.05, 4.69) is 19.2 Å². The summed E-state index contributed by atoms with van der Waals surface area (Å²) in [5, 5.41) is 12.7. The van der Waals surface area contributed by atoms with Crippen LogP contribution in [0.2, 0.25) is 5.02 Å². The second-order valence-corrected chi connectivity index (χ2v) is 8.41. The molecule has 0 heterocycles. The first-order valence-corrected chi connectivity index (χ1v) is 11.1. The van der Waals surface area contributed by atoms with Gasteiger partial charge in [0.1, 0.15) is 0 Å². The lowest BCUT2D eigenvalue weighted by Gasteiger charge is -2.09. The predicted molar refractivity (Wildman–Crippen MR) is 117 cm³/mol. The van der Waals surface area contributed by atoms with Crippen molar-refractivity contribution >= 4 is 23.3 Å². The Morgan fingerprint density at radius 1 is 0.926 bits per heavy atom. The van der Waals surface area contributed by atoms with E-state index in [9.17, 15) is 4.79 Å². The molecular formula is C23H38ClNO2. The molecule has 27 heavy (non-hydrogen) atoms. The van der Waals surface area contributed by atoms with Crippen molar-refractivity contribution in [1.29, 1.82) is 0 Å². The van der Waals surface area contributed by atoms with Gasteiger partial charge in [-0.1, -0.05) is 96.1 Å². The van der Waals surface area contributed by atoms with Gasteiger partial charge in [0.2, 0.25) is 0 Å². The highest BCUT2D eigenvalue weighted by molar-refractivity contribution is 6.33. The number of nitrogens with one attached hydrogen (secondary N) is 1. The van der Waals surface area contributed by atoms with Crippen LogP contribution in [0.15, 0.2) is 18.2 Å². The van der Waals surface area contributed by atoms with Crippen molar-refractivity contribution in [1.82, 2.24) is 0 Å². The molecule has 4 heteroatoms. The van der Waals surface area contributed by atoms with Gasteiger partial charge in [-0.2, -0.15) is 0 Å². The van der Waals surface area contributed by atoms with E-state index in [0.29, 0.717) is 5.02 Å². The molecule has 0 aromatic heterocycles. The molecule has 0 radical (unpaired) electrons. The molecule has 2 N–H and O–H groups in total. The molecule has 154 valence electrons. The minimum Gasteiger partial charge on any atom is -0.478 e. The van der Waals surface area contributed by atoms with Crippen LogP contribution in [0.25, 0.3) is 0 Å². The summed E-state index contributed by atoms with van der Waals surface area (Å²) in [5.41, 5.74) is 1.04. The molecular weight excluding hydrogens is 358 g/mol. The first-order valence-electron chi connectivity index (χ1n) is 10.8. The number of carbonyl (C=O) groups is 1. The molecule has 0 bridgehead atoms. The number of carboxylic acid groups (broad SMARTS) is 1. The highest BCUT2D eigenvalue weighted by Crippen LogP contribution is 2.23. The number of hydrogen-bond acceptors (Lipinski definition) is 2. The van der Waals surface area contributed by atoms with Gasteiger partial charge in [0, 0.05) is 6.54 Å². The second kappa shape index (κ2) is 14.8. The molecule has 0 aliphatic rings. The van der Waals surface area contributed by atoms with E-state index in [1.165, 1.54) is 76.7 Å². The van der Waals surface area contributed by atoms with Crippen molar-refractivity contribution in [2.24, 2.45) is 5.92 Å². The van der Waals surface area contributed by atoms with Gasteiger partial charge in [0.25, 0.3) is 0 Å². The van der Waals surface area contributed by atoms with Crippen LogP contribution in [0.3, 0.4) is 0 Å². The summed E-state index contributed by atoms with van der Waals surface area (Å²) in [4.78, 5) is 10.9. The summed E-state index contributed by atoms with van der Waals surface area (Å²) in [7, 11) is 0. The molecule has 0 aliphatic carbocycles. The topological polar surface area (TPSA) is 49.3 Å². The van der Waals surface area contributed by atoms with E-state index in [-0.39, 0.29) is 5.56 Å². The first-order chi connectivity index (χ1) is 13.0. The van der Waals surface area contributed by atoms with Crippen LogP contribution < -0.4 is 5.32 Å². The van der Waals surface area contributed by atoms with Gasteiger partial charge < -0.3 is 10.4 Å². The van der Waals surface area contributed by atoms with Gasteiger partial charge in [-0.3, -0.25) is 0 Å². The summed E-state index contributed by atoms with van der Waals surface area (Å²) >= 11 is 6.11. The van der Waals surface area contributed by atoms with Crippen LogP contribution in [0.4, 0.5) is 5.69 Å². The Balaban J connectivity index is 1.91. The standard InChI is InChI=1S/C23H38ClNO2/c1-19(2)14-12-10-8-6-4-3-5-7-9-11-13-17-25-22-16-15-20(23(26)27)18-21(22)24/h15-16,18-19,25H,3-14,17H2,1-2H3,(H,26,27). The van der Waals surface area contributed by atoms with E-state index in [0.717, 1.165) is 24.6 Å². The Morgan fingerprint density at radius 3 is 1.93 bits per heavy atom. The maximum atomic E-state index is 10.9. The monoisotopic (exact) mass is 395 g/mol. The molecule has 0 atom stereocenters. The van der Waals surface area contributed by atoms with E-state index in [4.69, 9.17) is 16.7 Å². The summed E-state index contributed by atoms with van der Waals surface area (Å²) in [6.07, 6.45) is 16.1. The Kier molecular flexibility index (Phi) is 13.0. The Bertz CT molecular complexity index is 531. The molecule has 0 saturated heterocycles. The Morgan fingerprint density at radius 2 is 1.44 bits per heavy atom. The van der Waals surface area contributed by atoms with E-state index in [1.54, 1.807) is 12.1 Å². The number of rotatable bonds is 16. The Labute approximate surface area is 170 Å². The van der Waals surface area contributed by atoms with Crippen molar-refractivity contribution < 1.29 is 9.90 Å². The normalized spacial score (nSPS) is 11.1. The second-order valence-electron chi connectivity index (χ2n) is 8.00. The SMILES string of the molecule is CC(C)CCCCCCCCCCCCCNc1ccc(C(=O)O)cc1Cl.